The number of nitrogens with one attached hydrogen (secondary N) is 2. The highest BCUT2D eigenvalue weighted by Crippen LogP contribution is 2.36. The Morgan fingerprint density at radius 1 is 1.04 bits per heavy atom. The molecule has 8 heteroatoms. The monoisotopic (exact) mass is 385 g/mol. The van der Waals surface area contributed by atoms with Crippen molar-refractivity contribution in [1.29, 1.82) is 0 Å². The zero-order chi connectivity index (χ0) is 19.7. The Labute approximate surface area is 159 Å². The molecule has 2 aromatic rings. The van der Waals surface area contributed by atoms with Gasteiger partial charge in [0.15, 0.2) is 0 Å². The number of amides is 3. The summed E-state index contributed by atoms with van der Waals surface area (Å²) < 4.78 is 27.2. The van der Waals surface area contributed by atoms with Crippen molar-refractivity contribution in [3.05, 3.63) is 65.2 Å². The van der Waals surface area contributed by atoms with Gasteiger partial charge in [0.05, 0.1) is 5.71 Å². The van der Waals surface area contributed by atoms with Crippen LogP contribution in [-0.4, -0.2) is 23.8 Å². The molecule has 0 bridgehead atoms. The second-order valence-corrected chi connectivity index (χ2v) is 6.74. The molecule has 0 saturated heterocycles. The van der Waals surface area contributed by atoms with E-state index < -0.39 is 29.1 Å². The van der Waals surface area contributed by atoms with Crippen molar-refractivity contribution in [3.63, 3.8) is 0 Å². The van der Waals surface area contributed by atoms with E-state index in [4.69, 9.17) is 4.84 Å². The second-order valence-electron chi connectivity index (χ2n) is 6.74. The first-order valence-electron chi connectivity index (χ1n) is 8.93. The predicted molar refractivity (Wildman–Crippen MR) is 98.0 cm³/mol. The van der Waals surface area contributed by atoms with Crippen LogP contribution >= 0.6 is 0 Å². The van der Waals surface area contributed by atoms with Crippen molar-refractivity contribution >= 4 is 23.3 Å². The van der Waals surface area contributed by atoms with Crippen molar-refractivity contribution in [2.45, 2.75) is 25.4 Å². The molecule has 1 aliphatic heterocycles. The summed E-state index contributed by atoms with van der Waals surface area (Å²) in [7, 11) is 0. The molecule has 1 aliphatic carbocycles. The zero-order valence-electron chi connectivity index (χ0n) is 14.7. The standard InChI is InChI=1S/C20H17F2N3O3/c21-14-4-2-5-15(22)17(14)19(26)24-20(27)23-12-9-7-11(8-10-12)18-13-3-1-6-16(13)28-25-18/h2,4-5,7-10,13,16H,1,3,6H2,(H2,23,24,26,27). The number of halogens is 2. The molecule has 2 atom stereocenters. The van der Waals surface area contributed by atoms with Crippen molar-refractivity contribution in [2.24, 2.45) is 11.1 Å². The number of nitrogens with zero attached hydrogens (tertiary/aromatic N) is 1. The van der Waals surface area contributed by atoms with E-state index in [2.05, 4.69) is 10.5 Å². The first-order valence-corrected chi connectivity index (χ1v) is 8.93. The van der Waals surface area contributed by atoms with Gasteiger partial charge in [-0.05, 0) is 49.1 Å². The number of benzene rings is 2. The number of fused-ring (bicyclic) bond motifs is 1. The quantitative estimate of drug-likeness (QED) is 0.843. The van der Waals surface area contributed by atoms with Crippen LogP contribution in [0.2, 0.25) is 0 Å². The molecule has 0 aromatic heterocycles. The highest BCUT2D eigenvalue weighted by atomic mass is 19.1. The van der Waals surface area contributed by atoms with E-state index in [1.807, 2.05) is 5.32 Å². The van der Waals surface area contributed by atoms with Gasteiger partial charge in [-0.2, -0.15) is 0 Å². The molecule has 0 spiro atoms. The summed E-state index contributed by atoms with van der Waals surface area (Å²) >= 11 is 0. The van der Waals surface area contributed by atoms with Crippen molar-refractivity contribution in [2.75, 3.05) is 5.32 Å². The van der Waals surface area contributed by atoms with E-state index >= 15 is 0 Å². The lowest BCUT2D eigenvalue weighted by atomic mass is 9.94. The number of carbonyl (C=O) groups is 2. The Morgan fingerprint density at radius 2 is 1.75 bits per heavy atom. The number of imide groups is 1. The highest BCUT2D eigenvalue weighted by molar-refractivity contribution is 6.08. The normalized spacial score (nSPS) is 20.1. The van der Waals surface area contributed by atoms with Gasteiger partial charge < -0.3 is 10.2 Å². The van der Waals surface area contributed by atoms with E-state index in [0.29, 0.717) is 11.6 Å². The molecule has 2 aliphatic rings. The first kappa shape index (κ1) is 18.1. The molecule has 4 rings (SSSR count). The fourth-order valence-corrected chi connectivity index (χ4v) is 3.59. The minimum absolute atomic E-state index is 0.156. The number of anilines is 1. The molecule has 2 aromatic carbocycles. The molecule has 0 radical (unpaired) electrons. The van der Waals surface area contributed by atoms with Crippen LogP contribution in [0.5, 0.6) is 0 Å². The molecule has 2 N–H and O–H groups in total. The van der Waals surface area contributed by atoms with E-state index in [0.717, 1.165) is 48.7 Å². The average molecular weight is 385 g/mol. The molecule has 2 unspecified atom stereocenters. The fourth-order valence-electron chi connectivity index (χ4n) is 3.59. The molecular formula is C20H17F2N3O3. The maximum atomic E-state index is 13.6. The summed E-state index contributed by atoms with van der Waals surface area (Å²) in [4.78, 5) is 29.4. The van der Waals surface area contributed by atoms with Gasteiger partial charge in [0.2, 0.25) is 0 Å². The fraction of sp³-hybridized carbons (Fsp3) is 0.250. The average Bonchev–Trinajstić information content (AvgIpc) is 3.26. The van der Waals surface area contributed by atoms with Crippen molar-refractivity contribution in [1.82, 2.24) is 5.32 Å². The van der Waals surface area contributed by atoms with Crippen LogP contribution in [0, 0.1) is 17.6 Å². The van der Waals surface area contributed by atoms with Gasteiger partial charge in [-0.25, -0.2) is 13.6 Å². The summed E-state index contributed by atoms with van der Waals surface area (Å²) in [5, 5.41) is 8.54. The van der Waals surface area contributed by atoms with E-state index in [9.17, 15) is 18.4 Å². The van der Waals surface area contributed by atoms with Gasteiger partial charge in [-0.3, -0.25) is 10.1 Å². The number of rotatable bonds is 3. The smallest absolute Gasteiger partial charge is 0.326 e. The molecule has 6 nitrogen and oxygen atoms in total. The van der Waals surface area contributed by atoms with Crippen LogP contribution in [0.1, 0.15) is 35.2 Å². The minimum atomic E-state index is -1.16. The van der Waals surface area contributed by atoms with Crippen LogP contribution in [0.25, 0.3) is 0 Å². The molecule has 28 heavy (non-hydrogen) atoms. The van der Waals surface area contributed by atoms with Crippen LogP contribution < -0.4 is 10.6 Å². The van der Waals surface area contributed by atoms with E-state index in [1.54, 1.807) is 24.3 Å². The number of carbonyl (C=O) groups excluding carboxylic acids is 2. The van der Waals surface area contributed by atoms with E-state index in [1.165, 1.54) is 0 Å². The molecule has 3 amide bonds. The molecule has 144 valence electrons. The Morgan fingerprint density at radius 3 is 2.46 bits per heavy atom. The lowest BCUT2D eigenvalue weighted by Crippen LogP contribution is -2.35. The topological polar surface area (TPSA) is 79.8 Å². The van der Waals surface area contributed by atoms with Gasteiger partial charge in [-0.1, -0.05) is 23.4 Å². The lowest BCUT2D eigenvalue weighted by Gasteiger charge is -2.10. The highest BCUT2D eigenvalue weighted by Gasteiger charge is 2.38. The maximum Gasteiger partial charge on any atom is 0.326 e. The third-order valence-corrected chi connectivity index (χ3v) is 4.95. The summed E-state index contributed by atoms with van der Waals surface area (Å²) in [6.45, 7) is 0. The zero-order valence-corrected chi connectivity index (χ0v) is 14.7. The van der Waals surface area contributed by atoms with E-state index in [-0.39, 0.29) is 6.10 Å². The lowest BCUT2D eigenvalue weighted by molar-refractivity contribution is 0.0746. The van der Waals surface area contributed by atoms with Gasteiger partial charge >= 0.3 is 6.03 Å². The third kappa shape index (κ3) is 3.45. The Balaban J connectivity index is 1.39. The van der Waals surface area contributed by atoms with Crippen LogP contribution in [0.4, 0.5) is 19.3 Å². The van der Waals surface area contributed by atoms with Crippen LogP contribution in [0.3, 0.4) is 0 Å². The second kappa shape index (κ2) is 7.38. The number of hydrogen-bond acceptors (Lipinski definition) is 4. The number of oxime groups is 1. The van der Waals surface area contributed by atoms with Gasteiger partial charge in [0.25, 0.3) is 5.91 Å². The first-order chi connectivity index (χ1) is 13.5. The summed E-state index contributed by atoms with van der Waals surface area (Å²) in [6, 6.07) is 9.06. The van der Waals surface area contributed by atoms with Gasteiger partial charge in [0, 0.05) is 11.6 Å². The largest absolute Gasteiger partial charge is 0.392 e. The van der Waals surface area contributed by atoms with Gasteiger partial charge in [0.1, 0.15) is 23.3 Å². The Kier molecular flexibility index (Phi) is 4.77. The number of hydrogen-bond donors (Lipinski definition) is 2. The predicted octanol–water partition coefficient (Wildman–Crippen LogP) is 3.83. The minimum Gasteiger partial charge on any atom is -0.392 e. The summed E-state index contributed by atoms with van der Waals surface area (Å²) in [5.41, 5.74) is 1.43. The van der Waals surface area contributed by atoms with Crippen LogP contribution in [-0.2, 0) is 4.84 Å². The SMILES string of the molecule is O=C(NC(=O)c1c(F)cccc1F)Nc1ccc(C2=NOC3CCCC23)cc1. The van der Waals surface area contributed by atoms with Crippen molar-refractivity contribution < 1.29 is 23.2 Å². The molecule has 1 saturated carbocycles. The summed E-state index contributed by atoms with van der Waals surface area (Å²) in [6.07, 6.45) is 3.32. The molecular weight excluding hydrogens is 368 g/mol. The van der Waals surface area contributed by atoms with Crippen molar-refractivity contribution in [3.8, 4) is 0 Å². The molecule has 1 fully saturated rings. The Bertz CT molecular complexity index is 939. The third-order valence-electron chi connectivity index (χ3n) is 4.95. The summed E-state index contributed by atoms with van der Waals surface area (Å²) in [5.74, 6) is -2.94. The number of urea groups is 1. The maximum absolute atomic E-state index is 13.6. The molecule has 1 heterocycles. The Hall–Kier alpha value is -3.29. The van der Waals surface area contributed by atoms with Gasteiger partial charge in [-0.15, -0.1) is 0 Å². The van der Waals surface area contributed by atoms with Crippen LogP contribution in [0.15, 0.2) is 47.6 Å².